The van der Waals surface area contributed by atoms with Crippen LogP contribution in [0.15, 0.2) is 0 Å². The molecule has 0 aliphatic rings. The fraction of sp³-hybridized carbons (Fsp3) is 0.444. The Kier molecular flexibility index (Phi) is 4.41. The standard InChI is InChI=1S/C9H11BrN2O2S/c1-3-7(14)12-9-11-5(2)8(15-9)6(13)4-10/h3-4H2,1-2H3,(H,11,12,14). The Morgan fingerprint density at radius 3 is 2.73 bits per heavy atom. The van der Waals surface area contributed by atoms with Crippen LogP contribution in [0.5, 0.6) is 0 Å². The fourth-order valence-electron chi connectivity index (χ4n) is 0.977. The number of hydrogen-bond donors (Lipinski definition) is 1. The highest BCUT2D eigenvalue weighted by Crippen LogP contribution is 2.23. The number of Topliss-reactive ketones (excluding diaryl/α,β-unsaturated/α-hetero) is 1. The summed E-state index contributed by atoms with van der Waals surface area (Å²) in [6, 6.07) is 0. The van der Waals surface area contributed by atoms with Crippen LogP contribution in [-0.4, -0.2) is 22.0 Å². The molecule has 1 aromatic rings. The summed E-state index contributed by atoms with van der Waals surface area (Å²) in [5, 5.41) is 3.40. The number of anilines is 1. The van der Waals surface area contributed by atoms with E-state index in [0.29, 0.717) is 22.1 Å². The molecule has 0 aliphatic carbocycles. The Morgan fingerprint density at radius 2 is 2.20 bits per heavy atom. The third kappa shape index (κ3) is 3.10. The predicted molar refractivity (Wildman–Crippen MR) is 63.9 cm³/mol. The van der Waals surface area contributed by atoms with Gasteiger partial charge >= 0.3 is 0 Å². The van der Waals surface area contributed by atoms with Gasteiger partial charge in [0.25, 0.3) is 0 Å². The van der Waals surface area contributed by atoms with E-state index in [2.05, 4.69) is 26.2 Å². The molecule has 1 aromatic heterocycles. The van der Waals surface area contributed by atoms with Gasteiger partial charge in [0.2, 0.25) is 5.91 Å². The average molecular weight is 291 g/mol. The Morgan fingerprint density at radius 1 is 1.53 bits per heavy atom. The van der Waals surface area contributed by atoms with Gasteiger partial charge in [-0.25, -0.2) is 4.98 Å². The minimum atomic E-state index is -0.0957. The molecule has 82 valence electrons. The molecule has 1 rings (SSSR count). The number of aryl methyl sites for hydroxylation is 1. The zero-order valence-corrected chi connectivity index (χ0v) is 10.9. The second-order valence-electron chi connectivity index (χ2n) is 2.89. The summed E-state index contributed by atoms with van der Waals surface area (Å²) in [5.74, 6) is -0.108. The lowest BCUT2D eigenvalue weighted by molar-refractivity contribution is -0.115. The largest absolute Gasteiger partial charge is 0.302 e. The fourth-order valence-corrected chi connectivity index (χ4v) is 2.36. The van der Waals surface area contributed by atoms with Gasteiger partial charge in [0, 0.05) is 6.42 Å². The van der Waals surface area contributed by atoms with E-state index in [4.69, 9.17) is 0 Å². The molecule has 0 saturated carbocycles. The lowest BCUT2D eigenvalue weighted by Crippen LogP contribution is -2.08. The van der Waals surface area contributed by atoms with Gasteiger partial charge in [0.1, 0.15) is 0 Å². The molecular formula is C9H11BrN2O2S. The summed E-state index contributed by atoms with van der Waals surface area (Å²) >= 11 is 4.31. The second kappa shape index (κ2) is 5.37. The number of nitrogens with zero attached hydrogens (tertiary/aromatic N) is 1. The van der Waals surface area contributed by atoms with Crippen LogP contribution in [0.3, 0.4) is 0 Å². The molecular weight excluding hydrogens is 280 g/mol. The van der Waals surface area contributed by atoms with E-state index in [1.807, 2.05) is 0 Å². The van der Waals surface area contributed by atoms with Gasteiger partial charge in [-0.1, -0.05) is 34.2 Å². The van der Waals surface area contributed by atoms with Gasteiger partial charge in [-0.2, -0.15) is 0 Å². The molecule has 0 radical (unpaired) electrons. The van der Waals surface area contributed by atoms with Crippen molar-refractivity contribution in [3.63, 3.8) is 0 Å². The van der Waals surface area contributed by atoms with Crippen LogP contribution < -0.4 is 5.32 Å². The zero-order chi connectivity index (χ0) is 11.4. The van der Waals surface area contributed by atoms with Crippen molar-refractivity contribution >= 4 is 44.1 Å². The molecule has 0 spiro atoms. The highest BCUT2D eigenvalue weighted by Gasteiger charge is 2.14. The highest BCUT2D eigenvalue weighted by molar-refractivity contribution is 9.09. The maximum absolute atomic E-state index is 11.4. The van der Waals surface area contributed by atoms with Crippen molar-refractivity contribution in [2.24, 2.45) is 0 Å². The first-order chi connectivity index (χ1) is 7.08. The van der Waals surface area contributed by atoms with Gasteiger partial charge < -0.3 is 5.32 Å². The number of alkyl halides is 1. The quantitative estimate of drug-likeness (QED) is 0.684. The second-order valence-corrected chi connectivity index (χ2v) is 4.45. The number of rotatable bonds is 4. The summed E-state index contributed by atoms with van der Waals surface area (Å²) < 4.78 is 0. The zero-order valence-electron chi connectivity index (χ0n) is 8.46. The van der Waals surface area contributed by atoms with E-state index in [-0.39, 0.29) is 17.0 Å². The van der Waals surface area contributed by atoms with Crippen LogP contribution in [0.2, 0.25) is 0 Å². The molecule has 0 aromatic carbocycles. The number of hydrogen-bond acceptors (Lipinski definition) is 4. The van der Waals surface area contributed by atoms with Crippen LogP contribution in [0.1, 0.15) is 28.7 Å². The van der Waals surface area contributed by atoms with Crippen molar-refractivity contribution in [1.82, 2.24) is 4.98 Å². The lowest BCUT2D eigenvalue weighted by atomic mass is 10.3. The third-order valence-corrected chi connectivity index (χ3v) is 3.36. The van der Waals surface area contributed by atoms with Crippen molar-refractivity contribution in [2.45, 2.75) is 20.3 Å². The van der Waals surface area contributed by atoms with E-state index in [1.165, 1.54) is 11.3 Å². The Balaban J connectivity index is 2.86. The predicted octanol–water partition coefficient (Wildman–Crippen LogP) is 2.38. The number of nitrogens with one attached hydrogen (secondary N) is 1. The molecule has 0 atom stereocenters. The first-order valence-electron chi connectivity index (χ1n) is 4.45. The maximum Gasteiger partial charge on any atom is 0.225 e. The summed E-state index contributed by atoms with van der Waals surface area (Å²) in [5.41, 5.74) is 0.663. The van der Waals surface area contributed by atoms with Crippen LogP contribution in [0, 0.1) is 6.92 Å². The van der Waals surface area contributed by atoms with Crippen molar-refractivity contribution in [1.29, 1.82) is 0 Å². The molecule has 6 heteroatoms. The maximum atomic E-state index is 11.4. The minimum Gasteiger partial charge on any atom is -0.302 e. The monoisotopic (exact) mass is 290 g/mol. The van der Waals surface area contributed by atoms with Crippen LogP contribution >= 0.6 is 27.3 Å². The minimum absolute atomic E-state index is 0.0120. The van der Waals surface area contributed by atoms with Gasteiger partial charge in [0.05, 0.1) is 15.9 Å². The number of carbonyl (C=O) groups is 2. The number of thiazole rings is 1. The Hall–Kier alpha value is -0.750. The first-order valence-corrected chi connectivity index (χ1v) is 6.38. The molecule has 0 fully saturated rings. The van der Waals surface area contributed by atoms with Crippen molar-refractivity contribution < 1.29 is 9.59 Å². The van der Waals surface area contributed by atoms with E-state index < -0.39 is 0 Å². The molecule has 4 nitrogen and oxygen atoms in total. The SMILES string of the molecule is CCC(=O)Nc1nc(C)c(C(=O)CBr)s1. The summed E-state index contributed by atoms with van der Waals surface area (Å²) in [6.45, 7) is 3.52. The molecule has 0 saturated heterocycles. The molecule has 0 bridgehead atoms. The lowest BCUT2D eigenvalue weighted by Gasteiger charge is -1.95. The van der Waals surface area contributed by atoms with E-state index >= 15 is 0 Å². The van der Waals surface area contributed by atoms with E-state index in [0.717, 1.165) is 0 Å². The Bertz CT molecular complexity index is 389. The van der Waals surface area contributed by atoms with Gasteiger partial charge in [-0.05, 0) is 6.92 Å². The number of amides is 1. The molecule has 0 aliphatic heterocycles. The number of carbonyl (C=O) groups excluding carboxylic acids is 2. The van der Waals surface area contributed by atoms with Crippen molar-refractivity contribution in [3.8, 4) is 0 Å². The van der Waals surface area contributed by atoms with Crippen LogP contribution in [0.4, 0.5) is 5.13 Å². The van der Waals surface area contributed by atoms with E-state index in [1.54, 1.807) is 13.8 Å². The number of halogens is 1. The summed E-state index contributed by atoms with van der Waals surface area (Å²) in [6.07, 6.45) is 0.403. The number of ketones is 1. The molecule has 15 heavy (non-hydrogen) atoms. The van der Waals surface area contributed by atoms with Gasteiger partial charge in [-0.15, -0.1) is 0 Å². The van der Waals surface area contributed by atoms with E-state index in [9.17, 15) is 9.59 Å². The van der Waals surface area contributed by atoms with Crippen LogP contribution in [-0.2, 0) is 4.79 Å². The Labute approximate surface area is 100 Å². The van der Waals surface area contributed by atoms with Gasteiger partial charge in [-0.3, -0.25) is 9.59 Å². The van der Waals surface area contributed by atoms with Gasteiger partial charge in [0.15, 0.2) is 10.9 Å². The third-order valence-electron chi connectivity index (χ3n) is 1.74. The topological polar surface area (TPSA) is 59.1 Å². The number of aromatic nitrogens is 1. The molecule has 1 heterocycles. The summed E-state index contributed by atoms with van der Waals surface area (Å²) in [4.78, 5) is 27.2. The summed E-state index contributed by atoms with van der Waals surface area (Å²) in [7, 11) is 0. The first kappa shape index (κ1) is 12.3. The molecule has 1 amide bonds. The average Bonchev–Trinajstić information content (AvgIpc) is 2.58. The van der Waals surface area contributed by atoms with Crippen molar-refractivity contribution in [3.05, 3.63) is 10.6 Å². The highest BCUT2D eigenvalue weighted by atomic mass is 79.9. The molecule has 0 unspecified atom stereocenters. The van der Waals surface area contributed by atoms with Crippen molar-refractivity contribution in [2.75, 3.05) is 10.6 Å². The van der Waals surface area contributed by atoms with Crippen LogP contribution in [0.25, 0.3) is 0 Å². The molecule has 1 N–H and O–H groups in total. The normalized spacial score (nSPS) is 10.1. The smallest absolute Gasteiger partial charge is 0.225 e.